The summed E-state index contributed by atoms with van der Waals surface area (Å²) < 4.78 is 0. The van der Waals surface area contributed by atoms with Crippen molar-refractivity contribution in [2.45, 2.75) is 46.1 Å². The number of rotatable bonds is 4. The molecule has 1 rings (SSSR count). The van der Waals surface area contributed by atoms with Crippen LogP contribution in [0.4, 0.5) is 0 Å². The summed E-state index contributed by atoms with van der Waals surface area (Å²) in [5.41, 5.74) is -0.198. The van der Waals surface area contributed by atoms with Crippen LogP contribution in [0.5, 0.6) is 0 Å². The molecule has 1 unspecified atom stereocenters. The molecule has 96 valence electrons. The summed E-state index contributed by atoms with van der Waals surface area (Å²) in [5.74, 6) is 0.104. The van der Waals surface area contributed by atoms with Crippen LogP contribution in [0.2, 0.25) is 0 Å². The summed E-state index contributed by atoms with van der Waals surface area (Å²) >= 11 is 0. The van der Waals surface area contributed by atoms with Gasteiger partial charge in [-0.3, -0.25) is 9.69 Å². The van der Waals surface area contributed by atoms with Gasteiger partial charge in [0.25, 0.3) is 0 Å². The van der Waals surface area contributed by atoms with Crippen LogP contribution < -0.4 is 5.32 Å². The average Bonchev–Trinajstić information content (AvgIpc) is 2.36. The summed E-state index contributed by atoms with van der Waals surface area (Å²) in [7, 11) is 0. The lowest BCUT2D eigenvalue weighted by atomic mass is 9.81. The number of hydrogen-bond acceptors (Lipinski definition) is 3. The van der Waals surface area contributed by atoms with Crippen molar-refractivity contribution < 1.29 is 4.79 Å². The lowest BCUT2D eigenvalue weighted by Crippen LogP contribution is -2.49. The van der Waals surface area contributed by atoms with E-state index in [2.05, 4.69) is 16.3 Å². The molecule has 1 N–H and O–H groups in total. The Morgan fingerprint density at radius 2 is 2.12 bits per heavy atom. The highest BCUT2D eigenvalue weighted by Gasteiger charge is 2.33. The van der Waals surface area contributed by atoms with Gasteiger partial charge in [0.15, 0.2) is 0 Å². The van der Waals surface area contributed by atoms with Crippen LogP contribution in [-0.2, 0) is 4.79 Å². The molecule has 1 amide bonds. The highest BCUT2D eigenvalue weighted by Crippen LogP contribution is 2.30. The predicted molar refractivity (Wildman–Crippen MR) is 67.3 cm³/mol. The quantitative estimate of drug-likeness (QED) is 0.806. The molecule has 1 atom stereocenters. The van der Waals surface area contributed by atoms with E-state index in [9.17, 15) is 4.79 Å². The first kappa shape index (κ1) is 14.0. The van der Waals surface area contributed by atoms with Crippen molar-refractivity contribution in [3.63, 3.8) is 0 Å². The number of nitriles is 1. The molecule has 4 nitrogen and oxygen atoms in total. The Bertz CT molecular complexity index is 300. The molecular weight excluding hydrogens is 214 g/mol. The predicted octanol–water partition coefficient (Wildman–Crippen LogP) is 1.53. The van der Waals surface area contributed by atoms with Crippen LogP contribution in [0, 0.1) is 16.7 Å². The van der Waals surface area contributed by atoms with Crippen molar-refractivity contribution in [3.05, 3.63) is 0 Å². The molecule has 0 spiro atoms. The fraction of sp³-hybridized carbons (Fsp3) is 0.846. The standard InChI is InChI=1S/C13H23N3O/c1-4-7-15-12(17)11(2)16-8-5-13(3,10-14)6-9-16/h11H,4-9H2,1-3H3,(H,15,17). The van der Waals surface area contributed by atoms with Gasteiger partial charge < -0.3 is 5.32 Å². The zero-order valence-electron chi connectivity index (χ0n) is 11.1. The summed E-state index contributed by atoms with van der Waals surface area (Å²) in [6.45, 7) is 8.42. The molecule has 0 bridgehead atoms. The fourth-order valence-corrected chi connectivity index (χ4v) is 2.08. The van der Waals surface area contributed by atoms with Gasteiger partial charge in [0.05, 0.1) is 17.5 Å². The minimum Gasteiger partial charge on any atom is -0.355 e. The molecule has 0 aliphatic carbocycles. The Balaban J connectivity index is 2.43. The Morgan fingerprint density at radius 3 is 2.59 bits per heavy atom. The monoisotopic (exact) mass is 237 g/mol. The van der Waals surface area contributed by atoms with Gasteiger partial charge in [0.1, 0.15) is 0 Å². The van der Waals surface area contributed by atoms with E-state index in [0.29, 0.717) is 0 Å². The molecule has 0 radical (unpaired) electrons. The summed E-state index contributed by atoms with van der Waals surface area (Å²) in [6.07, 6.45) is 2.68. The Hall–Kier alpha value is -1.08. The van der Waals surface area contributed by atoms with Gasteiger partial charge in [-0.05, 0) is 33.1 Å². The third kappa shape index (κ3) is 3.71. The van der Waals surface area contributed by atoms with E-state index in [1.54, 1.807) is 0 Å². The first-order chi connectivity index (χ1) is 8.02. The number of nitrogens with zero attached hydrogens (tertiary/aromatic N) is 2. The van der Waals surface area contributed by atoms with Gasteiger partial charge in [0.2, 0.25) is 5.91 Å². The van der Waals surface area contributed by atoms with E-state index in [1.165, 1.54) is 0 Å². The van der Waals surface area contributed by atoms with Crippen molar-refractivity contribution in [2.75, 3.05) is 19.6 Å². The minimum atomic E-state index is -0.198. The Kier molecular flexibility index (Phi) is 4.95. The van der Waals surface area contributed by atoms with Gasteiger partial charge in [-0.25, -0.2) is 0 Å². The normalized spacial score (nSPS) is 21.5. The molecule has 1 fully saturated rings. The number of carbonyl (C=O) groups excluding carboxylic acids is 1. The SMILES string of the molecule is CCCNC(=O)C(C)N1CCC(C)(C#N)CC1. The third-order valence-electron chi connectivity index (χ3n) is 3.65. The van der Waals surface area contributed by atoms with Crippen molar-refractivity contribution in [1.82, 2.24) is 10.2 Å². The van der Waals surface area contributed by atoms with Crippen LogP contribution in [0.25, 0.3) is 0 Å². The van der Waals surface area contributed by atoms with Gasteiger partial charge in [-0.2, -0.15) is 5.26 Å². The maximum absolute atomic E-state index is 11.8. The molecular formula is C13H23N3O. The molecule has 1 saturated heterocycles. The maximum atomic E-state index is 11.8. The molecule has 4 heteroatoms. The van der Waals surface area contributed by atoms with Gasteiger partial charge in [-0.15, -0.1) is 0 Å². The van der Waals surface area contributed by atoms with E-state index in [0.717, 1.165) is 38.9 Å². The minimum absolute atomic E-state index is 0.0789. The molecule has 0 aromatic heterocycles. The van der Waals surface area contributed by atoms with Crippen LogP contribution in [0.1, 0.15) is 40.0 Å². The molecule has 17 heavy (non-hydrogen) atoms. The molecule has 0 aromatic rings. The summed E-state index contributed by atoms with van der Waals surface area (Å²) in [4.78, 5) is 14.0. The van der Waals surface area contributed by atoms with E-state index in [4.69, 9.17) is 5.26 Å². The second-order valence-corrected chi connectivity index (χ2v) is 5.18. The van der Waals surface area contributed by atoms with E-state index in [-0.39, 0.29) is 17.4 Å². The van der Waals surface area contributed by atoms with Crippen molar-refractivity contribution in [1.29, 1.82) is 5.26 Å². The van der Waals surface area contributed by atoms with Crippen LogP contribution in [0.15, 0.2) is 0 Å². The van der Waals surface area contributed by atoms with Crippen molar-refractivity contribution in [2.24, 2.45) is 5.41 Å². The molecule has 0 aromatic carbocycles. The van der Waals surface area contributed by atoms with E-state index < -0.39 is 0 Å². The molecule has 1 aliphatic rings. The topological polar surface area (TPSA) is 56.1 Å². The largest absolute Gasteiger partial charge is 0.355 e. The first-order valence-electron chi connectivity index (χ1n) is 6.45. The smallest absolute Gasteiger partial charge is 0.237 e. The maximum Gasteiger partial charge on any atom is 0.237 e. The molecule has 1 heterocycles. The number of hydrogen-bond donors (Lipinski definition) is 1. The third-order valence-corrected chi connectivity index (χ3v) is 3.65. The average molecular weight is 237 g/mol. The lowest BCUT2D eigenvalue weighted by molar-refractivity contribution is -0.126. The highest BCUT2D eigenvalue weighted by molar-refractivity contribution is 5.81. The fourth-order valence-electron chi connectivity index (χ4n) is 2.08. The number of likely N-dealkylation sites (tertiary alicyclic amines) is 1. The van der Waals surface area contributed by atoms with Crippen LogP contribution in [0.3, 0.4) is 0 Å². The summed E-state index contributed by atoms with van der Waals surface area (Å²) in [5, 5.41) is 12.0. The van der Waals surface area contributed by atoms with Gasteiger partial charge >= 0.3 is 0 Å². The Morgan fingerprint density at radius 1 is 1.53 bits per heavy atom. The second kappa shape index (κ2) is 6.02. The van der Waals surface area contributed by atoms with E-state index >= 15 is 0 Å². The zero-order chi connectivity index (χ0) is 12.9. The number of amides is 1. The zero-order valence-corrected chi connectivity index (χ0v) is 11.1. The van der Waals surface area contributed by atoms with E-state index in [1.807, 2.05) is 20.8 Å². The number of piperidine rings is 1. The molecule has 0 saturated carbocycles. The van der Waals surface area contributed by atoms with Gasteiger partial charge in [-0.1, -0.05) is 6.92 Å². The lowest BCUT2D eigenvalue weighted by Gasteiger charge is -2.37. The summed E-state index contributed by atoms with van der Waals surface area (Å²) in [6, 6.07) is 2.30. The number of nitrogens with one attached hydrogen (secondary N) is 1. The first-order valence-corrected chi connectivity index (χ1v) is 6.45. The van der Waals surface area contributed by atoms with Crippen molar-refractivity contribution in [3.8, 4) is 6.07 Å². The van der Waals surface area contributed by atoms with Crippen LogP contribution in [-0.4, -0.2) is 36.5 Å². The number of carbonyl (C=O) groups is 1. The molecule has 1 aliphatic heterocycles. The van der Waals surface area contributed by atoms with Crippen LogP contribution >= 0.6 is 0 Å². The Labute approximate surface area is 104 Å². The second-order valence-electron chi connectivity index (χ2n) is 5.18. The van der Waals surface area contributed by atoms with Crippen molar-refractivity contribution >= 4 is 5.91 Å². The highest BCUT2D eigenvalue weighted by atomic mass is 16.2. The van der Waals surface area contributed by atoms with Gasteiger partial charge in [0, 0.05) is 19.6 Å².